The van der Waals surface area contributed by atoms with E-state index in [2.05, 4.69) is 4.98 Å². The van der Waals surface area contributed by atoms with Crippen LogP contribution in [0.4, 0.5) is 32.2 Å². The Labute approximate surface area is 103 Å². The minimum atomic E-state index is -5.72. The number of nitrogens with one attached hydrogen (secondary N) is 1. The molecule has 1 aromatic rings. The van der Waals surface area contributed by atoms with Gasteiger partial charge < -0.3 is 5.32 Å². The van der Waals surface area contributed by atoms with Gasteiger partial charge in [0.1, 0.15) is 5.82 Å². The third-order valence-corrected chi connectivity index (χ3v) is 2.08. The number of aryl methyl sites for hydroxylation is 1. The molecule has 0 fully saturated rings. The van der Waals surface area contributed by atoms with E-state index in [1.54, 1.807) is 6.92 Å². The van der Waals surface area contributed by atoms with Gasteiger partial charge in [-0.05, 0) is 24.6 Å². The van der Waals surface area contributed by atoms with E-state index in [1.807, 2.05) is 0 Å². The first-order valence-electron chi connectivity index (χ1n) is 4.89. The monoisotopic (exact) mass is 286 g/mol. The van der Waals surface area contributed by atoms with Crippen molar-refractivity contribution in [2.24, 2.45) is 5.92 Å². The second kappa shape index (κ2) is 5.06. The number of carbonyl (C=O) groups is 1. The van der Waals surface area contributed by atoms with E-state index in [1.165, 1.54) is 11.4 Å². The van der Waals surface area contributed by atoms with Gasteiger partial charge in [0.15, 0.2) is 0 Å². The molecule has 9 heteroatoms. The summed E-state index contributed by atoms with van der Waals surface area (Å²) < 4.78 is 73.5. The fourth-order valence-corrected chi connectivity index (χ4v) is 1.29. The average Bonchev–Trinajstić information content (AvgIpc) is 2.11. The average molecular weight is 286 g/mol. The van der Waals surface area contributed by atoms with E-state index in [9.17, 15) is 31.1 Å². The summed E-state index contributed by atoms with van der Waals surface area (Å²) in [6.45, 7) is 1.54. The summed E-state index contributed by atoms with van der Waals surface area (Å²) >= 11 is 0. The van der Waals surface area contributed by atoms with Crippen LogP contribution in [0.2, 0.25) is 0 Å². The van der Waals surface area contributed by atoms with Gasteiger partial charge in [-0.15, -0.1) is 0 Å². The lowest BCUT2D eigenvalue weighted by Gasteiger charge is -2.21. The Morgan fingerprint density at radius 1 is 1.21 bits per heavy atom. The van der Waals surface area contributed by atoms with Crippen LogP contribution >= 0.6 is 0 Å². The predicted octanol–water partition coefficient (Wildman–Crippen LogP) is 3.07. The number of anilines is 1. The van der Waals surface area contributed by atoms with Gasteiger partial charge in [0.2, 0.25) is 11.8 Å². The summed E-state index contributed by atoms with van der Waals surface area (Å²) in [6.07, 6.45) is -10.3. The van der Waals surface area contributed by atoms with Crippen molar-refractivity contribution < 1.29 is 31.1 Å². The van der Waals surface area contributed by atoms with Crippen molar-refractivity contribution in [3.63, 3.8) is 0 Å². The van der Waals surface area contributed by atoms with Crippen LogP contribution in [0.1, 0.15) is 5.56 Å². The van der Waals surface area contributed by atoms with E-state index in [-0.39, 0.29) is 5.82 Å². The zero-order valence-corrected chi connectivity index (χ0v) is 9.43. The van der Waals surface area contributed by atoms with Crippen molar-refractivity contribution in [2.75, 3.05) is 5.32 Å². The fourth-order valence-electron chi connectivity index (χ4n) is 1.29. The third kappa shape index (κ3) is 4.11. The number of rotatable bonds is 2. The second-order valence-electron chi connectivity index (χ2n) is 3.72. The number of aromatic nitrogens is 1. The molecule has 0 bridgehead atoms. The van der Waals surface area contributed by atoms with Gasteiger partial charge in [-0.2, -0.15) is 26.3 Å². The van der Waals surface area contributed by atoms with E-state index in [0.717, 1.165) is 12.3 Å². The molecule has 0 saturated carbocycles. The molecule has 0 aliphatic carbocycles. The highest BCUT2D eigenvalue weighted by atomic mass is 19.4. The molecule has 0 aliphatic heterocycles. The summed E-state index contributed by atoms with van der Waals surface area (Å²) in [4.78, 5) is 14.6. The van der Waals surface area contributed by atoms with Crippen LogP contribution in [-0.2, 0) is 4.79 Å². The van der Waals surface area contributed by atoms with Gasteiger partial charge in [0.05, 0.1) is 0 Å². The quantitative estimate of drug-likeness (QED) is 0.849. The summed E-state index contributed by atoms with van der Waals surface area (Å²) in [5.74, 6) is -6.66. The summed E-state index contributed by atoms with van der Waals surface area (Å²) in [6, 6.07) is 2.63. The lowest BCUT2D eigenvalue weighted by molar-refractivity contribution is -0.272. The van der Waals surface area contributed by atoms with Crippen LogP contribution in [0.15, 0.2) is 18.3 Å². The van der Waals surface area contributed by atoms with Crippen molar-refractivity contribution >= 4 is 11.7 Å². The molecule has 0 aromatic carbocycles. The maximum Gasteiger partial charge on any atom is 0.409 e. The van der Waals surface area contributed by atoms with E-state index < -0.39 is 24.2 Å². The van der Waals surface area contributed by atoms with Crippen LogP contribution in [0, 0.1) is 12.8 Å². The number of alkyl halides is 6. The van der Waals surface area contributed by atoms with Crippen LogP contribution in [0.3, 0.4) is 0 Å². The molecule has 0 aliphatic rings. The molecule has 0 spiro atoms. The molecule has 1 amide bonds. The Kier molecular flexibility index (Phi) is 4.06. The molecule has 1 rings (SSSR count). The highest BCUT2D eigenvalue weighted by molar-refractivity contribution is 5.92. The first-order chi connectivity index (χ1) is 8.51. The summed E-state index contributed by atoms with van der Waals surface area (Å²) in [5.41, 5.74) is 0.529. The van der Waals surface area contributed by atoms with Gasteiger partial charge in [0.25, 0.3) is 0 Å². The Balaban J connectivity index is 2.97. The predicted molar refractivity (Wildman–Crippen MR) is 53.2 cm³/mol. The van der Waals surface area contributed by atoms with E-state index in [0.29, 0.717) is 5.56 Å². The minimum absolute atomic E-state index is 0.372. The van der Waals surface area contributed by atoms with Gasteiger partial charge >= 0.3 is 12.4 Å². The van der Waals surface area contributed by atoms with Gasteiger partial charge in [-0.1, -0.05) is 0 Å². The van der Waals surface area contributed by atoms with Crippen molar-refractivity contribution in [1.82, 2.24) is 4.98 Å². The molecule has 106 valence electrons. The maximum atomic E-state index is 12.2. The SMILES string of the molecule is Cc1ccnc(NC(=O)C(C(F)(F)F)C(F)(F)F)c1. The number of nitrogens with zero attached hydrogens (tertiary/aromatic N) is 1. The highest BCUT2D eigenvalue weighted by Crippen LogP contribution is 2.39. The topological polar surface area (TPSA) is 42.0 Å². The molecular formula is C10H8F6N2O. The zero-order valence-electron chi connectivity index (χ0n) is 9.43. The van der Waals surface area contributed by atoms with Gasteiger partial charge in [-0.3, -0.25) is 4.79 Å². The normalized spacial score (nSPS) is 12.6. The Bertz CT molecular complexity index is 454. The first-order valence-corrected chi connectivity index (χ1v) is 4.89. The minimum Gasteiger partial charge on any atom is -0.310 e. The molecule has 3 nitrogen and oxygen atoms in total. The number of hydrogen-bond donors (Lipinski definition) is 1. The largest absolute Gasteiger partial charge is 0.409 e. The Morgan fingerprint density at radius 3 is 2.16 bits per heavy atom. The molecule has 1 heterocycles. The van der Waals surface area contributed by atoms with Crippen molar-refractivity contribution in [2.45, 2.75) is 19.3 Å². The van der Waals surface area contributed by atoms with E-state index >= 15 is 0 Å². The highest BCUT2D eigenvalue weighted by Gasteiger charge is 2.61. The van der Waals surface area contributed by atoms with E-state index in [4.69, 9.17) is 0 Å². The third-order valence-electron chi connectivity index (χ3n) is 2.08. The first kappa shape index (κ1) is 15.3. The van der Waals surface area contributed by atoms with Crippen molar-refractivity contribution in [1.29, 1.82) is 0 Å². The molecule has 0 atom stereocenters. The molecule has 1 aromatic heterocycles. The molecule has 0 radical (unpaired) electrons. The number of halogens is 6. The van der Waals surface area contributed by atoms with Crippen LogP contribution < -0.4 is 5.32 Å². The second-order valence-corrected chi connectivity index (χ2v) is 3.72. The molecule has 0 unspecified atom stereocenters. The van der Waals surface area contributed by atoms with Gasteiger partial charge in [-0.25, -0.2) is 4.98 Å². The van der Waals surface area contributed by atoms with Crippen LogP contribution in [0.25, 0.3) is 0 Å². The lowest BCUT2D eigenvalue weighted by atomic mass is 10.1. The standard InChI is InChI=1S/C10H8F6N2O/c1-5-2-3-17-6(4-5)18-8(19)7(9(11,12)13)10(14,15)16/h2-4,7H,1H3,(H,17,18,19). The lowest BCUT2D eigenvalue weighted by Crippen LogP contribution is -2.45. The fraction of sp³-hybridized carbons (Fsp3) is 0.400. The number of hydrogen-bond acceptors (Lipinski definition) is 2. The van der Waals surface area contributed by atoms with Gasteiger partial charge in [0, 0.05) is 6.20 Å². The Hall–Kier alpha value is -1.80. The molecule has 0 saturated heterocycles. The molecule has 19 heavy (non-hydrogen) atoms. The van der Waals surface area contributed by atoms with Crippen LogP contribution in [0.5, 0.6) is 0 Å². The zero-order chi connectivity index (χ0) is 14.8. The summed E-state index contributed by atoms with van der Waals surface area (Å²) in [7, 11) is 0. The molecular weight excluding hydrogens is 278 g/mol. The Morgan fingerprint density at radius 2 is 1.74 bits per heavy atom. The van der Waals surface area contributed by atoms with Crippen molar-refractivity contribution in [3.05, 3.63) is 23.9 Å². The number of carbonyl (C=O) groups excluding carboxylic acids is 1. The van der Waals surface area contributed by atoms with Crippen LogP contribution in [-0.4, -0.2) is 23.2 Å². The molecule has 1 N–H and O–H groups in total. The number of pyridine rings is 1. The van der Waals surface area contributed by atoms with Crippen molar-refractivity contribution in [3.8, 4) is 0 Å². The summed E-state index contributed by atoms with van der Waals surface area (Å²) in [5, 5.41) is 1.51. The maximum absolute atomic E-state index is 12.2. The smallest absolute Gasteiger partial charge is 0.310 e. The number of amides is 1.